The molecule has 0 aromatic carbocycles. The van der Waals surface area contributed by atoms with Crippen LogP contribution < -0.4 is 5.32 Å². The van der Waals surface area contributed by atoms with Gasteiger partial charge in [-0.05, 0) is 49.5 Å². The van der Waals surface area contributed by atoms with Gasteiger partial charge in [0.25, 0.3) is 0 Å². The minimum Gasteiger partial charge on any atom is -0.481 e. The Hall–Kier alpha value is -2.15. The van der Waals surface area contributed by atoms with Gasteiger partial charge in [-0.3, -0.25) is 9.59 Å². The van der Waals surface area contributed by atoms with Crippen LogP contribution in [0.4, 0.5) is 5.00 Å². The number of rotatable bonds is 4. The molecule has 0 spiro atoms. The Labute approximate surface area is 168 Å². The summed E-state index contributed by atoms with van der Waals surface area (Å²) < 4.78 is 5.00. The first-order chi connectivity index (χ1) is 13.5. The van der Waals surface area contributed by atoms with Gasteiger partial charge >= 0.3 is 11.9 Å². The van der Waals surface area contributed by atoms with Crippen LogP contribution in [0.15, 0.2) is 12.2 Å². The SMILES string of the molecule is COC(=O)c1c(NC(=O)[C@@H]2[C@@H](C(=O)O)[C@H]3C=C[C@H]2C3)sc2c1CCCCCC2. The van der Waals surface area contributed by atoms with E-state index in [4.69, 9.17) is 4.74 Å². The molecule has 0 unspecified atom stereocenters. The first kappa shape index (κ1) is 19.2. The fourth-order valence-corrected chi connectivity index (χ4v) is 6.32. The predicted octanol–water partition coefficient (Wildman–Crippen LogP) is 3.66. The van der Waals surface area contributed by atoms with Crippen LogP contribution in [-0.4, -0.2) is 30.1 Å². The Morgan fingerprint density at radius 3 is 2.43 bits per heavy atom. The number of anilines is 1. The number of thiophene rings is 1. The van der Waals surface area contributed by atoms with E-state index in [1.807, 2.05) is 12.2 Å². The van der Waals surface area contributed by atoms with Crippen molar-refractivity contribution in [2.24, 2.45) is 23.7 Å². The predicted molar refractivity (Wildman–Crippen MR) is 106 cm³/mol. The topological polar surface area (TPSA) is 92.7 Å². The van der Waals surface area contributed by atoms with E-state index >= 15 is 0 Å². The molecule has 0 aliphatic heterocycles. The zero-order valence-electron chi connectivity index (χ0n) is 15.9. The van der Waals surface area contributed by atoms with Crippen molar-refractivity contribution in [2.75, 3.05) is 12.4 Å². The van der Waals surface area contributed by atoms with Crippen LogP contribution in [0.3, 0.4) is 0 Å². The fourth-order valence-electron chi connectivity index (χ4n) is 5.04. The zero-order valence-corrected chi connectivity index (χ0v) is 16.7. The molecule has 0 radical (unpaired) electrons. The minimum atomic E-state index is -0.927. The molecule has 1 heterocycles. The van der Waals surface area contributed by atoms with Gasteiger partial charge in [-0.2, -0.15) is 0 Å². The summed E-state index contributed by atoms with van der Waals surface area (Å²) in [6.07, 6.45) is 10.7. The first-order valence-corrected chi connectivity index (χ1v) is 10.8. The molecule has 2 N–H and O–H groups in total. The highest BCUT2D eigenvalue weighted by Crippen LogP contribution is 2.49. The van der Waals surface area contributed by atoms with Gasteiger partial charge in [-0.15, -0.1) is 11.3 Å². The van der Waals surface area contributed by atoms with E-state index in [1.54, 1.807) is 0 Å². The second-order valence-electron chi connectivity index (χ2n) is 7.94. The molecule has 6 nitrogen and oxygen atoms in total. The molecule has 1 saturated carbocycles. The number of carboxylic acids is 1. The number of methoxy groups -OCH3 is 1. The highest BCUT2D eigenvalue weighted by molar-refractivity contribution is 7.17. The summed E-state index contributed by atoms with van der Waals surface area (Å²) in [5, 5.41) is 13.0. The lowest BCUT2D eigenvalue weighted by atomic mass is 9.82. The number of aryl methyl sites for hydroxylation is 1. The highest BCUT2D eigenvalue weighted by atomic mass is 32.1. The average Bonchev–Trinajstić information content (AvgIpc) is 3.34. The number of hydrogen-bond donors (Lipinski definition) is 2. The number of carboxylic acid groups (broad SMARTS) is 1. The summed E-state index contributed by atoms with van der Waals surface area (Å²) in [5.74, 6) is -3.08. The Morgan fingerprint density at radius 1 is 1.07 bits per heavy atom. The summed E-state index contributed by atoms with van der Waals surface area (Å²) in [4.78, 5) is 38.4. The molecule has 1 fully saturated rings. The van der Waals surface area contributed by atoms with E-state index in [0.29, 0.717) is 17.0 Å². The molecule has 28 heavy (non-hydrogen) atoms. The molecule has 4 atom stereocenters. The van der Waals surface area contributed by atoms with Crippen LogP contribution in [0.1, 0.15) is 52.9 Å². The minimum absolute atomic E-state index is 0.0475. The van der Waals surface area contributed by atoms with E-state index in [1.165, 1.54) is 24.9 Å². The second-order valence-corrected chi connectivity index (χ2v) is 9.05. The van der Waals surface area contributed by atoms with Crippen molar-refractivity contribution >= 4 is 34.2 Å². The van der Waals surface area contributed by atoms with Gasteiger partial charge in [0, 0.05) is 4.88 Å². The lowest BCUT2D eigenvalue weighted by Gasteiger charge is -2.23. The molecule has 2 bridgehead atoms. The van der Waals surface area contributed by atoms with Crippen molar-refractivity contribution in [3.63, 3.8) is 0 Å². The van der Waals surface area contributed by atoms with Crippen molar-refractivity contribution in [1.82, 2.24) is 0 Å². The van der Waals surface area contributed by atoms with E-state index < -0.39 is 23.8 Å². The molecule has 1 amide bonds. The molecule has 7 heteroatoms. The van der Waals surface area contributed by atoms with Crippen LogP contribution in [0.5, 0.6) is 0 Å². The summed E-state index contributed by atoms with van der Waals surface area (Å²) in [5.41, 5.74) is 1.46. The number of nitrogens with one attached hydrogen (secondary N) is 1. The van der Waals surface area contributed by atoms with Gasteiger partial charge in [-0.25, -0.2) is 4.79 Å². The van der Waals surface area contributed by atoms with Crippen LogP contribution in [0.2, 0.25) is 0 Å². The third-order valence-electron chi connectivity index (χ3n) is 6.34. The largest absolute Gasteiger partial charge is 0.481 e. The molecule has 3 aliphatic carbocycles. The molecule has 4 rings (SSSR count). The lowest BCUT2D eigenvalue weighted by molar-refractivity contribution is -0.146. The summed E-state index contributed by atoms with van der Waals surface area (Å²) in [7, 11) is 1.35. The standard InChI is InChI=1S/C21H25NO5S/c1-27-21(26)17-13-6-4-2-3-5-7-14(13)28-19(17)22-18(23)15-11-8-9-12(10-11)16(15)20(24)25/h8-9,11-12,15-16H,2-7,10H2,1H3,(H,22,23)(H,24,25)/t11-,12-,15-,16-/m0/s1. The fraction of sp³-hybridized carbons (Fsp3) is 0.571. The number of amides is 1. The van der Waals surface area contributed by atoms with Gasteiger partial charge in [0.15, 0.2) is 0 Å². The van der Waals surface area contributed by atoms with Crippen LogP contribution in [0.25, 0.3) is 0 Å². The lowest BCUT2D eigenvalue weighted by Crippen LogP contribution is -2.36. The average molecular weight is 404 g/mol. The van der Waals surface area contributed by atoms with Crippen molar-refractivity contribution < 1.29 is 24.2 Å². The Bertz CT molecular complexity index is 842. The van der Waals surface area contributed by atoms with E-state index in [9.17, 15) is 19.5 Å². The van der Waals surface area contributed by atoms with Crippen LogP contribution in [-0.2, 0) is 27.2 Å². The van der Waals surface area contributed by atoms with Gasteiger partial charge in [-0.1, -0.05) is 25.0 Å². The number of ether oxygens (including phenoxy) is 1. The van der Waals surface area contributed by atoms with Crippen LogP contribution >= 0.6 is 11.3 Å². The smallest absolute Gasteiger partial charge is 0.341 e. The van der Waals surface area contributed by atoms with Crippen molar-refractivity contribution in [2.45, 2.75) is 44.9 Å². The molecule has 1 aromatic heterocycles. The van der Waals surface area contributed by atoms with Crippen molar-refractivity contribution in [1.29, 1.82) is 0 Å². The molecule has 1 aromatic rings. The Balaban J connectivity index is 1.64. The number of allylic oxidation sites excluding steroid dienone is 2. The van der Waals surface area contributed by atoms with Gasteiger partial charge in [0.1, 0.15) is 5.00 Å². The normalized spacial score (nSPS) is 28.3. The second kappa shape index (κ2) is 7.70. The van der Waals surface area contributed by atoms with E-state index in [2.05, 4.69) is 5.32 Å². The van der Waals surface area contributed by atoms with Gasteiger partial charge < -0.3 is 15.2 Å². The maximum absolute atomic E-state index is 13.1. The van der Waals surface area contributed by atoms with Crippen molar-refractivity contribution in [3.05, 3.63) is 28.2 Å². The Kier molecular flexibility index (Phi) is 5.27. The quantitative estimate of drug-likeness (QED) is 0.591. The van der Waals surface area contributed by atoms with Gasteiger partial charge in [0.2, 0.25) is 5.91 Å². The summed E-state index contributed by atoms with van der Waals surface area (Å²) in [6, 6.07) is 0. The maximum Gasteiger partial charge on any atom is 0.341 e. The number of carbonyl (C=O) groups is 3. The van der Waals surface area contributed by atoms with E-state index in [0.717, 1.165) is 42.5 Å². The molecular weight excluding hydrogens is 378 g/mol. The van der Waals surface area contributed by atoms with Gasteiger partial charge in [0.05, 0.1) is 24.5 Å². The maximum atomic E-state index is 13.1. The highest BCUT2D eigenvalue weighted by Gasteiger charge is 2.51. The number of esters is 1. The van der Waals surface area contributed by atoms with Crippen molar-refractivity contribution in [3.8, 4) is 0 Å². The zero-order chi connectivity index (χ0) is 19.8. The molecule has 150 valence electrons. The summed E-state index contributed by atoms with van der Waals surface area (Å²) in [6.45, 7) is 0. The number of fused-ring (bicyclic) bond motifs is 3. The van der Waals surface area contributed by atoms with Crippen LogP contribution in [0, 0.1) is 23.7 Å². The monoisotopic (exact) mass is 403 g/mol. The molecular formula is C21H25NO5S. The number of hydrogen-bond acceptors (Lipinski definition) is 5. The Morgan fingerprint density at radius 2 is 1.75 bits per heavy atom. The third-order valence-corrected chi connectivity index (χ3v) is 7.55. The van der Waals surface area contributed by atoms with E-state index in [-0.39, 0.29) is 17.7 Å². The first-order valence-electron chi connectivity index (χ1n) is 9.96. The molecule has 3 aliphatic rings. The third kappa shape index (κ3) is 3.26. The number of aliphatic carboxylic acids is 1. The number of carbonyl (C=O) groups excluding carboxylic acids is 2. The summed E-state index contributed by atoms with van der Waals surface area (Å²) >= 11 is 1.45. The molecule has 0 saturated heterocycles.